The Labute approximate surface area is 222 Å². The van der Waals surface area contributed by atoms with Crippen LogP contribution < -0.4 is 20.0 Å². The molecular formula is C25H26BrN7O4. The van der Waals surface area contributed by atoms with Crippen molar-refractivity contribution in [3.8, 4) is 5.75 Å². The van der Waals surface area contributed by atoms with Crippen LogP contribution >= 0.6 is 15.9 Å². The van der Waals surface area contributed by atoms with E-state index in [1.54, 1.807) is 48.7 Å². The van der Waals surface area contributed by atoms with Gasteiger partial charge in [-0.05, 0) is 48.0 Å². The quantitative estimate of drug-likeness (QED) is 0.198. The SMILES string of the molecule is O=C(Oc1ccc(C=NNc2nc(N3CCOCC3)nc(N3CCOCC3)n2)cc1)c1cccc(Br)c1. The molecule has 192 valence electrons. The van der Waals surface area contributed by atoms with Crippen molar-refractivity contribution in [2.45, 2.75) is 0 Å². The Kier molecular flexibility index (Phi) is 8.18. The number of ether oxygens (including phenoxy) is 3. The molecule has 12 heteroatoms. The van der Waals surface area contributed by atoms with Gasteiger partial charge >= 0.3 is 5.97 Å². The summed E-state index contributed by atoms with van der Waals surface area (Å²) in [6, 6.07) is 14.1. The van der Waals surface area contributed by atoms with Crippen LogP contribution in [0.5, 0.6) is 5.75 Å². The molecule has 2 saturated heterocycles. The Balaban J connectivity index is 1.25. The van der Waals surface area contributed by atoms with E-state index in [1.807, 2.05) is 6.07 Å². The number of benzene rings is 2. The van der Waals surface area contributed by atoms with E-state index in [0.717, 1.165) is 10.0 Å². The standard InChI is InChI=1S/C25H26BrN7O4/c26-20-3-1-2-19(16-20)22(34)37-21-6-4-18(5-7-21)17-27-31-23-28-24(32-8-12-35-13-9-32)30-25(29-23)33-10-14-36-15-11-33/h1-7,16-17H,8-15H2,(H,28,29,30,31). The molecule has 3 aromatic rings. The molecule has 0 amide bonds. The number of hydrogen-bond acceptors (Lipinski definition) is 11. The van der Waals surface area contributed by atoms with Crippen molar-refractivity contribution in [2.24, 2.45) is 5.10 Å². The number of rotatable bonds is 7. The Morgan fingerprint density at radius 3 is 2.14 bits per heavy atom. The van der Waals surface area contributed by atoms with Gasteiger partial charge in [0.25, 0.3) is 0 Å². The minimum atomic E-state index is -0.425. The summed E-state index contributed by atoms with van der Waals surface area (Å²) < 4.78 is 17.2. The molecule has 0 unspecified atom stereocenters. The summed E-state index contributed by atoms with van der Waals surface area (Å²) in [5.74, 6) is 1.56. The summed E-state index contributed by atoms with van der Waals surface area (Å²) in [5.41, 5.74) is 4.21. The lowest BCUT2D eigenvalue weighted by Crippen LogP contribution is -2.40. The highest BCUT2D eigenvalue weighted by molar-refractivity contribution is 9.10. The van der Waals surface area contributed by atoms with Crippen molar-refractivity contribution in [2.75, 3.05) is 67.8 Å². The Hall–Kier alpha value is -3.61. The van der Waals surface area contributed by atoms with E-state index in [9.17, 15) is 4.79 Å². The second kappa shape index (κ2) is 12.1. The zero-order valence-electron chi connectivity index (χ0n) is 20.0. The lowest BCUT2D eigenvalue weighted by Gasteiger charge is -2.30. The number of carbonyl (C=O) groups excluding carboxylic acids is 1. The number of halogens is 1. The Bertz CT molecular complexity index is 1210. The first-order chi connectivity index (χ1) is 18.1. The normalized spacial score (nSPS) is 16.1. The lowest BCUT2D eigenvalue weighted by molar-refractivity contribution is 0.0734. The molecule has 0 aliphatic carbocycles. The van der Waals surface area contributed by atoms with E-state index < -0.39 is 5.97 Å². The van der Waals surface area contributed by atoms with Crippen molar-refractivity contribution >= 4 is 46.0 Å². The number of carbonyl (C=O) groups is 1. The van der Waals surface area contributed by atoms with Crippen molar-refractivity contribution < 1.29 is 19.0 Å². The molecular weight excluding hydrogens is 542 g/mol. The molecule has 37 heavy (non-hydrogen) atoms. The number of nitrogens with one attached hydrogen (secondary N) is 1. The average molecular weight is 568 g/mol. The number of hydrogen-bond donors (Lipinski definition) is 1. The number of hydrazone groups is 1. The summed E-state index contributed by atoms with van der Waals surface area (Å²) >= 11 is 3.36. The fourth-order valence-electron chi connectivity index (χ4n) is 3.78. The van der Waals surface area contributed by atoms with Crippen molar-refractivity contribution in [3.05, 3.63) is 64.1 Å². The molecule has 0 bridgehead atoms. The summed E-state index contributed by atoms with van der Waals surface area (Å²) in [4.78, 5) is 30.3. The van der Waals surface area contributed by atoms with E-state index in [1.165, 1.54) is 0 Å². The van der Waals surface area contributed by atoms with Crippen molar-refractivity contribution in [3.63, 3.8) is 0 Å². The Morgan fingerprint density at radius 2 is 1.54 bits per heavy atom. The van der Waals surface area contributed by atoms with Crippen LogP contribution in [0.25, 0.3) is 0 Å². The van der Waals surface area contributed by atoms with Gasteiger partial charge in [-0.15, -0.1) is 0 Å². The zero-order chi connectivity index (χ0) is 25.5. The largest absolute Gasteiger partial charge is 0.423 e. The van der Waals surface area contributed by atoms with E-state index >= 15 is 0 Å². The van der Waals surface area contributed by atoms with Gasteiger partial charge in [-0.2, -0.15) is 20.1 Å². The van der Waals surface area contributed by atoms with Gasteiger partial charge in [0, 0.05) is 30.7 Å². The molecule has 1 N–H and O–H groups in total. The predicted octanol–water partition coefficient (Wildman–Crippen LogP) is 2.97. The first-order valence-corrected chi connectivity index (χ1v) is 12.7. The molecule has 3 heterocycles. The van der Waals surface area contributed by atoms with Crippen LogP contribution in [-0.2, 0) is 9.47 Å². The molecule has 2 aromatic carbocycles. The topological polar surface area (TPSA) is 114 Å². The number of anilines is 3. The fourth-order valence-corrected chi connectivity index (χ4v) is 4.18. The maximum absolute atomic E-state index is 12.3. The molecule has 0 atom stereocenters. The number of aromatic nitrogens is 3. The molecule has 2 fully saturated rings. The maximum atomic E-state index is 12.3. The van der Waals surface area contributed by atoms with Crippen molar-refractivity contribution in [1.29, 1.82) is 0 Å². The van der Waals surface area contributed by atoms with Gasteiger partial charge < -0.3 is 24.0 Å². The van der Waals surface area contributed by atoms with Crippen LogP contribution in [-0.4, -0.2) is 79.7 Å². The molecule has 11 nitrogen and oxygen atoms in total. The predicted molar refractivity (Wildman–Crippen MR) is 143 cm³/mol. The third kappa shape index (κ3) is 6.79. The van der Waals surface area contributed by atoms with Gasteiger partial charge in [0.15, 0.2) is 0 Å². The van der Waals surface area contributed by atoms with Crippen LogP contribution in [0.2, 0.25) is 0 Å². The molecule has 0 spiro atoms. The van der Waals surface area contributed by atoms with Crippen LogP contribution in [0.15, 0.2) is 58.1 Å². The highest BCUT2D eigenvalue weighted by atomic mass is 79.9. The summed E-state index contributed by atoms with van der Waals surface area (Å²) in [5, 5.41) is 4.31. The third-order valence-electron chi connectivity index (χ3n) is 5.73. The van der Waals surface area contributed by atoms with Crippen LogP contribution in [0.4, 0.5) is 17.8 Å². The minimum Gasteiger partial charge on any atom is -0.423 e. The zero-order valence-corrected chi connectivity index (χ0v) is 21.6. The van der Waals surface area contributed by atoms with Gasteiger partial charge in [0.05, 0.1) is 38.2 Å². The molecule has 1 aromatic heterocycles. The van der Waals surface area contributed by atoms with E-state index in [4.69, 9.17) is 14.2 Å². The molecule has 5 rings (SSSR count). The van der Waals surface area contributed by atoms with Crippen molar-refractivity contribution in [1.82, 2.24) is 15.0 Å². The number of nitrogens with zero attached hydrogens (tertiary/aromatic N) is 6. The second-order valence-electron chi connectivity index (χ2n) is 8.30. The van der Waals surface area contributed by atoms with Gasteiger partial charge in [-0.3, -0.25) is 0 Å². The Morgan fingerprint density at radius 1 is 0.919 bits per heavy atom. The average Bonchev–Trinajstić information content (AvgIpc) is 2.95. The highest BCUT2D eigenvalue weighted by Crippen LogP contribution is 2.19. The molecule has 0 radical (unpaired) electrons. The highest BCUT2D eigenvalue weighted by Gasteiger charge is 2.20. The number of morpholine rings is 2. The first-order valence-electron chi connectivity index (χ1n) is 11.9. The maximum Gasteiger partial charge on any atom is 0.343 e. The van der Waals surface area contributed by atoms with E-state index in [2.05, 4.69) is 51.2 Å². The minimum absolute atomic E-state index is 0.355. The van der Waals surface area contributed by atoms with Gasteiger partial charge in [-0.1, -0.05) is 22.0 Å². The summed E-state index contributed by atoms with van der Waals surface area (Å²) in [6.07, 6.45) is 1.65. The van der Waals surface area contributed by atoms with Gasteiger partial charge in [0.2, 0.25) is 17.8 Å². The van der Waals surface area contributed by atoms with Gasteiger partial charge in [0.1, 0.15) is 5.75 Å². The van der Waals surface area contributed by atoms with Crippen LogP contribution in [0.3, 0.4) is 0 Å². The first kappa shape index (κ1) is 25.1. The van der Waals surface area contributed by atoms with Gasteiger partial charge in [-0.25, -0.2) is 10.2 Å². The molecule has 0 saturated carbocycles. The number of esters is 1. The van der Waals surface area contributed by atoms with E-state index in [0.29, 0.717) is 81.8 Å². The second-order valence-corrected chi connectivity index (χ2v) is 9.21. The third-order valence-corrected chi connectivity index (χ3v) is 6.22. The summed E-state index contributed by atoms with van der Waals surface area (Å²) in [6.45, 7) is 5.39. The van der Waals surface area contributed by atoms with Crippen LogP contribution in [0.1, 0.15) is 15.9 Å². The molecule has 2 aliphatic heterocycles. The van der Waals surface area contributed by atoms with E-state index in [-0.39, 0.29) is 0 Å². The smallest absolute Gasteiger partial charge is 0.343 e. The summed E-state index contributed by atoms with van der Waals surface area (Å²) in [7, 11) is 0. The molecule has 2 aliphatic rings. The monoisotopic (exact) mass is 567 g/mol. The fraction of sp³-hybridized carbons (Fsp3) is 0.320. The lowest BCUT2D eigenvalue weighted by atomic mass is 10.2. The van der Waals surface area contributed by atoms with Crippen LogP contribution in [0, 0.1) is 0 Å².